The molecule has 0 atom stereocenters. The number of rotatable bonds is 6. The first-order chi connectivity index (χ1) is 13.1. The van der Waals surface area contributed by atoms with Gasteiger partial charge in [0.15, 0.2) is 0 Å². The zero-order valence-corrected chi connectivity index (χ0v) is 16.5. The van der Waals surface area contributed by atoms with E-state index in [4.69, 9.17) is 0 Å². The molecule has 31 heavy (non-hydrogen) atoms. The summed E-state index contributed by atoms with van der Waals surface area (Å²) >= 11 is 0. The fourth-order valence-electron chi connectivity index (χ4n) is 0.889. The first kappa shape index (κ1) is 33.1. The first-order valence-electron chi connectivity index (χ1n) is 5.83. The van der Waals surface area contributed by atoms with Gasteiger partial charge in [-0.15, -0.1) is 0 Å². The normalized spacial score (nSPS) is 11.7. The summed E-state index contributed by atoms with van der Waals surface area (Å²) in [6.07, 6.45) is -12.1. The van der Waals surface area contributed by atoms with E-state index in [1.54, 1.807) is 0 Å². The van der Waals surface area contributed by atoms with Crippen molar-refractivity contribution in [1.82, 2.24) is 0 Å². The molecule has 0 radical (unpaired) electrons. The predicted molar refractivity (Wildman–Crippen MR) is 56.4 cm³/mol. The van der Waals surface area contributed by atoms with Crippen LogP contribution in [0.25, 0.3) is 0 Å². The van der Waals surface area contributed by atoms with Crippen molar-refractivity contribution in [3.63, 3.8) is 0 Å². The first-order valence-corrected chi connectivity index (χ1v) is 5.83. The van der Waals surface area contributed by atoms with E-state index in [9.17, 15) is 81.7 Å². The van der Waals surface area contributed by atoms with Gasteiger partial charge in [0.25, 0.3) is 0 Å². The largest absolute Gasteiger partial charge is 0.456 e. The molecule has 21 heteroatoms. The molecule has 8 nitrogen and oxygen atoms in total. The van der Waals surface area contributed by atoms with Crippen molar-refractivity contribution >= 4 is 35.1 Å². The quantitative estimate of drug-likeness (QED) is 0.215. The predicted octanol–water partition coefficient (Wildman–Crippen LogP) is 1.50. The molecule has 0 aliphatic carbocycles. The Morgan fingerprint density at radius 1 is 0.484 bits per heavy atom. The van der Waals surface area contributed by atoms with E-state index < -0.39 is 59.3 Å². The molecule has 0 saturated carbocycles. The third-order valence-electron chi connectivity index (χ3n) is 2.17. The smallest absolute Gasteiger partial charge is 0.282 e. The number of alkyl halides is 10. The molecule has 0 heterocycles. The molecule has 0 saturated heterocycles. The van der Waals surface area contributed by atoms with Crippen molar-refractivity contribution in [2.45, 2.75) is 24.2 Å². The molecule has 174 valence electrons. The van der Waals surface area contributed by atoms with E-state index in [1.807, 2.05) is 9.88 Å². The van der Waals surface area contributed by atoms with E-state index in [2.05, 4.69) is 0 Å². The van der Waals surface area contributed by atoms with Crippen LogP contribution in [0.3, 0.4) is 0 Å². The molecule has 0 rings (SSSR count). The van der Waals surface area contributed by atoms with E-state index in [0.29, 0.717) is 0 Å². The Bertz CT molecular complexity index is 679. The molecule has 0 fully saturated rings. The van der Waals surface area contributed by atoms with Crippen LogP contribution >= 0.6 is 0 Å². The van der Waals surface area contributed by atoms with Crippen LogP contribution < -0.4 is 0 Å². The standard InChI is InChI=1S/2C5F6O4.Zn/c2*6-4(7,1(12)2(13)15-11)3(14)5(8,9)10;. The number of carbonyl (C=O) groups is 6. The van der Waals surface area contributed by atoms with Crippen LogP contribution in [0.4, 0.5) is 53.0 Å². The SMILES string of the molecule is O=C(OF)C(=O)C(F)(F)C(=O)C(F)(F)F.O=C(OF)C(=O)C(F)(F)C(=O)C(F)(F)F.[Zn]. The van der Waals surface area contributed by atoms with Gasteiger partial charge in [-0.25, -0.2) is 19.5 Å². The number of hydrogen-bond donors (Lipinski definition) is 0. The second-order valence-electron chi connectivity index (χ2n) is 4.19. The van der Waals surface area contributed by atoms with Crippen molar-refractivity contribution in [3.8, 4) is 0 Å². The summed E-state index contributed by atoms with van der Waals surface area (Å²) in [5.74, 6) is -31.2. The summed E-state index contributed by atoms with van der Waals surface area (Å²) in [6, 6.07) is 0. The van der Waals surface area contributed by atoms with Crippen LogP contribution in [0, 0.1) is 0 Å². The van der Waals surface area contributed by atoms with E-state index in [1.165, 1.54) is 0 Å². The van der Waals surface area contributed by atoms with Crippen molar-refractivity contribution < 1.29 is 111 Å². The second kappa shape index (κ2) is 11.1. The van der Waals surface area contributed by atoms with Gasteiger partial charge < -0.3 is 0 Å². The summed E-state index contributed by atoms with van der Waals surface area (Å²) in [5.41, 5.74) is 0. The second-order valence-corrected chi connectivity index (χ2v) is 4.19. The Morgan fingerprint density at radius 2 is 0.677 bits per heavy atom. The minimum absolute atomic E-state index is 0. The Morgan fingerprint density at radius 3 is 0.806 bits per heavy atom. The Hall–Kier alpha value is -2.60. The Kier molecular flexibility index (Phi) is 11.9. The zero-order chi connectivity index (χ0) is 24.9. The molecular formula is C10F12O8Zn. The molecule has 0 spiro atoms. The Labute approximate surface area is 171 Å². The summed E-state index contributed by atoms with van der Waals surface area (Å²) in [7, 11) is 0. The summed E-state index contributed by atoms with van der Waals surface area (Å²) in [4.78, 5) is 63.7. The molecule has 0 aliphatic rings. The van der Waals surface area contributed by atoms with Crippen LogP contribution in [-0.4, -0.2) is 59.3 Å². The molecule has 0 aliphatic heterocycles. The monoisotopic (exact) mass is 540 g/mol. The molecule has 0 unspecified atom stereocenters. The summed E-state index contributed by atoms with van der Waals surface area (Å²) in [5, 5.41) is 0. The van der Waals surface area contributed by atoms with Crippen molar-refractivity contribution in [1.29, 1.82) is 0 Å². The zero-order valence-electron chi connectivity index (χ0n) is 13.5. The van der Waals surface area contributed by atoms with Crippen LogP contribution in [0.5, 0.6) is 0 Å². The molecule has 0 N–H and O–H groups in total. The van der Waals surface area contributed by atoms with Gasteiger partial charge in [-0.3, -0.25) is 19.2 Å². The maximum absolute atomic E-state index is 12.3. The molecule has 0 aromatic heterocycles. The third-order valence-corrected chi connectivity index (χ3v) is 2.17. The number of ketones is 4. The average Bonchev–Trinajstić information content (AvgIpc) is 2.62. The molecule has 0 aromatic rings. The minimum Gasteiger partial charge on any atom is -0.282 e. The maximum atomic E-state index is 12.3. The fourth-order valence-corrected chi connectivity index (χ4v) is 0.889. The molecule has 0 bridgehead atoms. The van der Waals surface area contributed by atoms with Gasteiger partial charge in [-0.1, -0.05) is 0 Å². The van der Waals surface area contributed by atoms with Crippen LogP contribution in [0.15, 0.2) is 0 Å². The number of carbonyl (C=O) groups excluding carboxylic acids is 6. The van der Waals surface area contributed by atoms with E-state index in [0.717, 1.165) is 0 Å². The molecular weight excluding hydrogens is 541 g/mol. The van der Waals surface area contributed by atoms with E-state index >= 15 is 0 Å². The Balaban J connectivity index is -0.000000490. The number of Topliss-reactive ketones (excluding diaryl/α,β-unsaturated/α-hetero) is 4. The van der Waals surface area contributed by atoms with Gasteiger partial charge in [-0.2, -0.15) is 43.9 Å². The maximum Gasteiger partial charge on any atom is 0.456 e. The van der Waals surface area contributed by atoms with Crippen LogP contribution in [0.1, 0.15) is 0 Å². The van der Waals surface area contributed by atoms with E-state index in [-0.39, 0.29) is 19.5 Å². The molecule has 0 aromatic carbocycles. The van der Waals surface area contributed by atoms with Gasteiger partial charge in [-0.05, 0) is 0 Å². The number of halogens is 12. The number of hydrogen-bond acceptors (Lipinski definition) is 8. The van der Waals surface area contributed by atoms with Gasteiger partial charge in [0, 0.05) is 28.5 Å². The minimum atomic E-state index is -6.03. The van der Waals surface area contributed by atoms with Crippen molar-refractivity contribution in [2.24, 2.45) is 0 Å². The van der Waals surface area contributed by atoms with Gasteiger partial charge in [0.05, 0.1) is 0 Å². The average molecular weight is 541 g/mol. The fraction of sp³-hybridized carbons (Fsp3) is 0.400. The van der Waals surface area contributed by atoms with Crippen LogP contribution in [0.2, 0.25) is 0 Å². The topological polar surface area (TPSA) is 121 Å². The summed E-state index contributed by atoms with van der Waals surface area (Å²) in [6.45, 7) is 0. The summed E-state index contributed by atoms with van der Waals surface area (Å²) < 4.78 is 140. The van der Waals surface area contributed by atoms with Crippen molar-refractivity contribution in [3.05, 3.63) is 0 Å². The van der Waals surface area contributed by atoms with Crippen LogP contribution in [-0.2, 0) is 58.1 Å². The van der Waals surface area contributed by atoms with Gasteiger partial charge in [0.2, 0.25) is 0 Å². The van der Waals surface area contributed by atoms with Gasteiger partial charge in [0.1, 0.15) is 0 Å². The molecule has 0 amide bonds. The van der Waals surface area contributed by atoms with Crippen molar-refractivity contribution in [2.75, 3.05) is 0 Å². The van der Waals surface area contributed by atoms with Gasteiger partial charge >= 0.3 is 59.3 Å². The third kappa shape index (κ3) is 8.58.